The van der Waals surface area contributed by atoms with E-state index in [-0.39, 0.29) is 18.0 Å². The highest BCUT2D eigenvalue weighted by Crippen LogP contribution is 2.37. The Morgan fingerprint density at radius 2 is 1.96 bits per heavy atom. The third-order valence-corrected chi connectivity index (χ3v) is 5.77. The number of aromatic nitrogens is 1. The van der Waals surface area contributed by atoms with Crippen LogP contribution in [0.4, 0.5) is 0 Å². The molecule has 1 aromatic rings. The van der Waals surface area contributed by atoms with Crippen molar-refractivity contribution < 1.29 is 9.59 Å². The molecule has 0 atom stereocenters. The van der Waals surface area contributed by atoms with Crippen LogP contribution >= 0.6 is 11.3 Å². The summed E-state index contributed by atoms with van der Waals surface area (Å²) in [6.07, 6.45) is 6.09. The van der Waals surface area contributed by atoms with E-state index in [0.717, 1.165) is 24.4 Å². The number of rotatable bonds is 4. The summed E-state index contributed by atoms with van der Waals surface area (Å²) in [5.41, 5.74) is 0.736. The number of carbonyl (C=O) groups is 2. The van der Waals surface area contributed by atoms with Gasteiger partial charge in [0.25, 0.3) is 0 Å². The lowest BCUT2D eigenvalue weighted by atomic mass is 9.90. The summed E-state index contributed by atoms with van der Waals surface area (Å²) in [6, 6.07) is 0. The van der Waals surface area contributed by atoms with Crippen LogP contribution in [0, 0.1) is 0 Å². The molecule has 1 fully saturated rings. The zero-order chi connectivity index (χ0) is 16.4. The number of ketones is 2. The van der Waals surface area contributed by atoms with Gasteiger partial charge < -0.3 is 4.90 Å². The lowest BCUT2D eigenvalue weighted by Crippen LogP contribution is -2.27. The second-order valence-electron chi connectivity index (χ2n) is 6.63. The summed E-state index contributed by atoms with van der Waals surface area (Å²) < 4.78 is 0. The van der Waals surface area contributed by atoms with Crippen LogP contribution in [0.3, 0.4) is 0 Å². The summed E-state index contributed by atoms with van der Waals surface area (Å²) in [4.78, 5) is 36.4. The minimum absolute atomic E-state index is 0.00256. The molecule has 1 saturated carbocycles. The first-order chi connectivity index (χ1) is 11.1. The zero-order valence-electron chi connectivity index (χ0n) is 13.8. The van der Waals surface area contributed by atoms with Crippen LogP contribution < -0.4 is 0 Å². The molecule has 0 unspecified atom stereocenters. The van der Waals surface area contributed by atoms with Crippen LogP contribution in [-0.2, 0) is 0 Å². The fourth-order valence-electron chi connectivity index (χ4n) is 3.17. The smallest absolute Gasteiger partial charge is 0.227 e. The average Bonchev–Trinajstić information content (AvgIpc) is 2.99. The van der Waals surface area contributed by atoms with Crippen molar-refractivity contribution in [2.24, 2.45) is 4.99 Å². The van der Waals surface area contributed by atoms with Gasteiger partial charge in [0.15, 0.2) is 5.78 Å². The minimum Gasteiger partial charge on any atom is -0.308 e. The molecule has 1 aromatic heterocycles. The normalized spacial score (nSPS) is 21.3. The molecule has 0 N–H and O–H groups in total. The molecule has 1 heterocycles. The molecule has 2 aliphatic rings. The summed E-state index contributed by atoms with van der Waals surface area (Å²) in [6.45, 7) is 1.30. The molecular formula is C17H23N3O2S. The van der Waals surface area contributed by atoms with Gasteiger partial charge in [0.1, 0.15) is 10.6 Å². The Balaban J connectivity index is 1.81. The molecule has 0 saturated heterocycles. The summed E-state index contributed by atoms with van der Waals surface area (Å²) in [5.74, 6) is 0.286. The van der Waals surface area contributed by atoms with Crippen molar-refractivity contribution in [3.63, 3.8) is 0 Å². The van der Waals surface area contributed by atoms with E-state index in [1.165, 1.54) is 30.6 Å². The van der Waals surface area contributed by atoms with Crippen LogP contribution in [0.25, 0.3) is 0 Å². The number of fused-ring (bicyclic) bond motifs is 1. The van der Waals surface area contributed by atoms with Crippen molar-refractivity contribution in [1.82, 2.24) is 9.88 Å². The van der Waals surface area contributed by atoms with Crippen LogP contribution in [0.5, 0.6) is 0 Å². The SMILES string of the molecule is CN(C)CCN=C1CC(=O)c2sc(C3CCCCC3)nc2C1=O. The molecule has 0 radical (unpaired) electrons. The Kier molecular flexibility index (Phi) is 5.02. The molecule has 23 heavy (non-hydrogen) atoms. The van der Waals surface area contributed by atoms with Crippen molar-refractivity contribution in [2.45, 2.75) is 44.4 Å². The largest absolute Gasteiger partial charge is 0.308 e. The van der Waals surface area contributed by atoms with E-state index >= 15 is 0 Å². The number of likely N-dealkylation sites (N-methyl/N-ethyl adjacent to an activating group) is 1. The Labute approximate surface area is 140 Å². The van der Waals surface area contributed by atoms with Gasteiger partial charge >= 0.3 is 0 Å². The first-order valence-electron chi connectivity index (χ1n) is 8.33. The number of hydrogen-bond acceptors (Lipinski definition) is 6. The molecule has 6 heteroatoms. The predicted octanol–water partition coefficient (Wildman–Crippen LogP) is 2.96. The van der Waals surface area contributed by atoms with Gasteiger partial charge in [0.05, 0.1) is 23.7 Å². The lowest BCUT2D eigenvalue weighted by molar-refractivity contribution is 0.0966. The van der Waals surface area contributed by atoms with E-state index < -0.39 is 0 Å². The van der Waals surface area contributed by atoms with Gasteiger partial charge in [-0.3, -0.25) is 14.6 Å². The third kappa shape index (κ3) is 3.58. The van der Waals surface area contributed by atoms with Gasteiger partial charge in [0.2, 0.25) is 5.78 Å². The Morgan fingerprint density at radius 1 is 1.22 bits per heavy atom. The first kappa shape index (κ1) is 16.5. The van der Waals surface area contributed by atoms with E-state index in [4.69, 9.17) is 0 Å². The van der Waals surface area contributed by atoms with Crippen LogP contribution in [0.15, 0.2) is 4.99 Å². The number of Topliss-reactive ketones (excluding diaryl/α,β-unsaturated/α-hetero) is 2. The maximum Gasteiger partial charge on any atom is 0.227 e. The van der Waals surface area contributed by atoms with Gasteiger partial charge in [-0.2, -0.15) is 0 Å². The highest BCUT2D eigenvalue weighted by Gasteiger charge is 2.34. The Hall–Kier alpha value is -1.40. The quantitative estimate of drug-likeness (QED) is 0.850. The number of hydrogen-bond donors (Lipinski definition) is 0. The number of nitrogens with zero attached hydrogens (tertiary/aromatic N) is 3. The second-order valence-corrected chi connectivity index (χ2v) is 7.66. The van der Waals surface area contributed by atoms with Crippen molar-refractivity contribution in [3.8, 4) is 0 Å². The third-order valence-electron chi connectivity index (χ3n) is 4.51. The molecule has 124 valence electrons. The van der Waals surface area contributed by atoms with E-state index in [0.29, 0.717) is 28.7 Å². The molecule has 2 aliphatic carbocycles. The van der Waals surface area contributed by atoms with Crippen molar-refractivity contribution >= 4 is 28.6 Å². The molecule has 0 bridgehead atoms. The lowest BCUT2D eigenvalue weighted by Gasteiger charge is -2.18. The molecular weight excluding hydrogens is 310 g/mol. The standard InChI is InChI=1S/C17H23N3O2S/c1-20(2)9-8-18-12-10-13(21)16-14(15(12)22)19-17(23-16)11-6-4-3-5-7-11/h11H,3-10H2,1-2H3. The molecule has 3 rings (SSSR count). The molecule has 0 spiro atoms. The van der Waals surface area contributed by atoms with Crippen molar-refractivity contribution in [1.29, 1.82) is 0 Å². The number of carbonyl (C=O) groups excluding carboxylic acids is 2. The Morgan fingerprint density at radius 3 is 2.65 bits per heavy atom. The molecule has 0 amide bonds. The van der Waals surface area contributed by atoms with Crippen LogP contribution in [0.1, 0.15) is 69.6 Å². The van der Waals surface area contributed by atoms with E-state index in [1.54, 1.807) is 0 Å². The molecule has 0 aromatic carbocycles. The molecule has 5 nitrogen and oxygen atoms in total. The Bertz CT molecular complexity index is 642. The predicted molar refractivity (Wildman–Crippen MR) is 92.1 cm³/mol. The van der Waals surface area contributed by atoms with Gasteiger partial charge in [-0.1, -0.05) is 19.3 Å². The topological polar surface area (TPSA) is 62.6 Å². The van der Waals surface area contributed by atoms with Crippen LogP contribution in [-0.4, -0.2) is 54.3 Å². The number of aliphatic imine (C=N–C) groups is 1. The summed E-state index contributed by atoms with van der Waals surface area (Å²) >= 11 is 1.44. The maximum atomic E-state index is 12.6. The average molecular weight is 333 g/mol. The monoisotopic (exact) mass is 333 g/mol. The minimum atomic E-state index is -0.142. The van der Waals surface area contributed by atoms with Gasteiger partial charge in [-0.15, -0.1) is 11.3 Å². The van der Waals surface area contributed by atoms with Gasteiger partial charge in [-0.25, -0.2) is 4.98 Å². The maximum absolute atomic E-state index is 12.6. The zero-order valence-corrected chi connectivity index (χ0v) is 14.6. The van der Waals surface area contributed by atoms with Gasteiger partial charge in [0, 0.05) is 12.5 Å². The molecule has 0 aliphatic heterocycles. The van der Waals surface area contributed by atoms with Crippen LogP contribution in [0.2, 0.25) is 0 Å². The fraction of sp³-hybridized carbons (Fsp3) is 0.647. The van der Waals surface area contributed by atoms with Crippen molar-refractivity contribution in [3.05, 3.63) is 15.6 Å². The fourth-order valence-corrected chi connectivity index (χ4v) is 4.34. The summed E-state index contributed by atoms with van der Waals surface area (Å²) in [7, 11) is 3.92. The first-order valence-corrected chi connectivity index (χ1v) is 9.14. The second kappa shape index (κ2) is 7.01. The van der Waals surface area contributed by atoms with E-state index in [2.05, 4.69) is 9.98 Å². The van der Waals surface area contributed by atoms with Crippen molar-refractivity contribution in [2.75, 3.05) is 27.2 Å². The highest BCUT2D eigenvalue weighted by atomic mass is 32.1. The highest BCUT2D eigenvalue weighted by molar-refractivity contribution is 7.14. The van der Waals surface area contributed by atoms with E-state index in [1.807, 2.05) is 19.0 Å². The van der Waals surface area contributed by atoms with Gasteiger partial charge in [-0.05, 0) is 26.9 Å². The van der Waals surface area contributed by atoms with E-state index in [9.17, 15) is 9.59 Å². The summed E-state index contributed by atoms with van der Waals surface area (Å²) in [5, 5.41) is 0.978. The number of thiazole rings is 1.